The first-order valence-corrected chi connectivity index (χ1v) is 6.80. The molecule has 0 atom stereocenters. The summed E-state index contributed by atoms with van der Waals surface area (Å²) in [6.07, 6.45) is 7.36. The van der Waals surface area contributed by atoms with E-state index < -0.39 is 5.97 Å². The Kier molecular flexibility index (Phi) is 7.37. The summed E-state index contributed by atoms with van der Waals surface area (Å²) in [6, 6.07) is 9.48. The second kappa shape index (κ2) is 9.38. The number of hydrogen-bond donors (Lipinski definition) is 1. The van der Waals surface area contributed by atoms with Gasteiger partial charge in [-0.2, -0.15) is 0 Å². The van der Waals surface area contributed by atoms with Crippen LogP contribution in [0.5, 0.6) is 0 Å². The molecule has 4 nitrogen and oxygen atoms in total. The molecule has 0 aliphatic heterocycles. The number of ether oxygens (including phenoxy) is 1. The maximum absolute atomic E-state index is 11.7. The molecule has 4 heteroatoms. The van der Waals surface area contributed by atoms with Crippen LogP contribution in [0.2, 0.25) is 0 Å². The summed E-state index contributed by atoms with van der Waals surface area (Å²) in [6.45, 7) is 2.42. The molecule has 1 rings (SSSR count). The molecule has 1 N–H and O–H groups in total. The van der Waals surface area contributed by atoms with Gasteiger partial charge in [0.1, 0.15) is 0 Å². The minimum Gasteiger partial charge on any atom is -0.463 e. The van der Waals surface area contributed by atoms with Gasteiger partial charge >= 0.3 is 5.97 Å². The first-order chi connectivity index (χ1) is 10.2. The number of nitrogens with one attached hydrogen (secondary N) is 1. The fourth-order valence-corrected chi connectivity index (χ4v) is 1.69. The molecule has 0 aromatic heterocycles. The lowest BCUT2D eigenvalue weighted by molar-refractivity contribution is -0.137. The highest BCUT2D eigenvalue weighted by Crippen LogP contribution is 2.01. The van der Waals surface area contributed by atoms with Gasteiger partial charge in [-0.3, -0.25) is 4.79 Å². The van der Waals surface area contributed by atoms with Gasteiger partial charge in [-0.05, 0) is 18.9 Å². The van der Waals surface area contributed by atoms with Crippen LogP contribution < -0.4 is 5.32 Å². The molecule has 0 unspecified atom stereocenters. The summed E-state index contributed by atoms with van der Waals surface area (Å²) in [5.41, 5.74) is 1.46. The lowest BCUT2D eigenvalue weighted by Crippen LogP contribution is -2.26. The number of carbonyl (C=O) groups excluding carboxylic acids is 2. The molecule has 0 radical (unpaired) electrons. The van der Waals surface area contributed by atoms with Gasteiger partial charge in [-0.15, -0.1) is 6.42 Å². The molecule has 0 spiro atoms. The molecule has 0 aliphatic carbocycles. The van der Waals surface area contributed by atoms with Crippen LogP contribution in [0.4, 0.5) is 0 Å². The van der Waals surface area contributed by atoms with Gasteiger partial charge < -0.3 is 10.1 Å². The Balaban J connectivity index is 2.36. The Hall–Kier alpha value is -2.54. The van der Waals surface area contributed by atoms with Crippen molar-refractivity contribution in [2.45, 2.75) is 19.8 Å². The van der Waals surface area contributed by atoms with Crippen LogP contribution in [0.1, 0.15) is 18.9 Å². The molecule has 110 valence electrons. The van der Waals surface area contributed by atoms with E-state index in [1.54, 1.807) is 6.92 Å². The molecule has 0 bridgehead atoms. The third kappa shape index (κ3) is 6.98. The largest absolute Gasteiger partial charge is 0.463 e. The van der Waals surface area contributed by atoms with Gasteiger partial charge in [0, 0.05) is 18.2 Å². The minimum atomic E-state index is -0.457. The van der Waals surface area contributed by atoms with Gasteiger partial charge in [-0.25, -0.2) is 4.79 Å². The highest BCUT2D eigenvalue weighted by atomic mass is 16.5. The third-order valence-electron chi connectivity index (χ3n) is 2.69. The van der Waals surface area contributed by atoms with Gasteiger partial charge in [0.25, 0.3) is 0 Å². The van der Waals surface area contributed by atoms with Gasteiger partial charge in [0.15, 0.2) is 0 Å². The number of carbonyl (C=O) groups is 2. The Morgan fingerprint density at radius 2 is 2.05 bits per heavy atom. The Bertz CT molecular complexity index is 541. The van der Waals surface area contributed by atoms with Gasteiger partial charge in [0.2, 0.25) is 5.91 Å². The summed E-state index contributed by atoms with van der Waals surface area (Å²) < 4.78 is 4.78. The average Bonchev–Trinajstić information content (AvgIpc) is 2.47. The number of hydrogen-bond acceptors (Lipinski definition) is 3. The van der Waals surface area contributed by atoms with Crippen LogP contribution in [0, 0.1) is 12.3 Å². The molecular formula is C17H19NO3. The lowest BCUT2D eigenvalue weighted by atomic mass is 10.1. The fourth-order valence-electron chi connectivity index (χ4n) is 1.69. The fraction of sp³-hybridized carbons (Fsp3) is 0.294. The van der Waals surface area contributed by atoms with E-state index in [0.717, 1.165) is 5.56 Å². The zero-order chi connectivity index (χ0) is 15.5. The molecule has 0 saturated carbocycles. The van der Waals surface area contributed by atoms with Crippen molar-refractivity contribution in [3.63, 3.8) is 0 Å². The summed E-state index contributed by atoms with van der Waals surface area (Å²) in [4.78, 5) is 23.0. The van der Waals surface area contributed by atoms with Crippen LogP contribution in [0.3, 0.4) is 0 Å². The molecule has 0 aliphatic rings. The molecular weight excluding hydrogens is 266 g/mol. The van der Waals surface area contributed by atoms with Crippen LogP contribution in [-0.2, 0) is 20.7 Å². The zero-order valence-electron chi connectivity index (χ0n) is 12.1. The average molecular weight is 285 g/mol. The zero-order valence-corrected chi connectivity index (χ0v) is 12.1. The van der Waals surface area contributed by atoms with Crippen molar-refractivity contribution in [1.82, 2.24) is 5.32 Å². The maximum Gasteiger partial charge on any atom is 0.331 e. The van der Waals surface area contributed by atoms with Crippen molar-refractivity contribution < 1.29 is 14.3 Å². The van der Waals surface area contributed by atoms with Crippen LogP contribution >= 0.6 is 0 Å². The smallest absolute Gasteiger partial charge is 0.331 e. The molecule has 1 aromatic carbocycles. The van der Waals surface area contributed by atoms with E-state index in [0.29, 0.717) is 31.6 Å². The van der Waals surface area contributed by atoms with Gasteiger partial charge in [0.05, 0.1) is 13.0 Å². The van der Waals surface area contributed by atoms with E-state index in [1.165, 1.54) is 6.08 Å². The molecule has 1 amide bonds. The third-order valence-corrected chi connectivity index (χ3v) is 2.69. The molecule has 0 fully saturated rings. The Morgan fingerprint density at radius 3 is 2.67 bits per heavy atom. The van der Waals surface area contributed by atoms with Crippen molar-refractivity contribution in [2.75, 3.05) is 13.2 Å². The topological polar surface area (TPSA) is 55.4 Å². The number of esters is 1. The first kappa shape index (κ1) is 16.5. The number of benzene rings is 1. The van der Waals surface area contributed by atoms with Crippen LogP contribution in [0.25, 0.3) is 0 Å². The molecule has 0 saturated heterocycles. The van der Waals surface area contributed by atoms with Crippen molar-refractivity contribution >= 4 is 11.9 Å². The Labute approximate surface area is 125 Å². The first-order valence-electron chi connectivity index (χ1n) is 6.80. The molecule has 1 aromatic rings. The van der Waals surface area contributed by atoms with Crippen LogP contribution in [0.15, 0.2) is 42.0 Å². The van der Waals surface area contributed by atoms with E-state index in [-0.39, 0.29) is 5.91 Å². The van der Waals surface area contributed by atoms with E-state index in [9.17, 15) is 9.59 Å². The monoisotopic (exact) mass is 285 g/mol. The SMILES string of the molecule is C#C/C(=C\C(=O)OCC)CCNC(=O)Cc1ccccc1. The van der Waals surface area contributed by atoms with E-state index in [2.05, 4.69) is 11.2 Å². The van der Waals surface area contributed by atoms with Gasteiger partial charge in [-0.1, -0.05) is 36.3 Å². The minimum absolute atomic E-state index is 0.0753. The van der Waals surface area contributed by atoms with Crippen molar-refractivity contribution in [2.24, 2.45) is 0 Å². The predicted octanol–water partition coefficient (Wildman–Crippen LogP) is 1.86. The van der Waals surface area contributed by atoms with E-state index in [4.69, 9.17) is 11.2 Å². The van der Waals surface area contributed by atoms with E-state index in [1.807, 2.05) is 30.3 Å². The normalized spacial score (nSPS) is 10.6. The summed E-state index contributed by atoms with van der Waals surface area (Å²) in [5, 5.41) is 2.77. The lowest BCUT2D eigenvalue weighted by Gasteiger charge is -2.05. The molecule has 0 heterocycles. The van der Waals surface area contributed by atoms with Crippen molar-refractivity contribution in [1.29, 1.82) is 0 Å². The number of terminal acetylenes is 1. The standard InChI is InChI=1S/C17H19NO3/c1-3-14(13-17(20)21-4-2)10-11-18-16(19)12-15-8-6-5-7-9-15/h1,5-9,13H,4,10-12H2,2H3,(H,18,19)/b14-13+. The van der Waals surface area contributed by atoms with Crippen molar-refractivity contribution in [3.8, 4) is 12.3 Å². The second-order valence-electron chi connectivity index (χ2n) is 4.33. The summed E-state index contributed by atoms with van der Waals surface area (Å²) in [7, 11) is 0. The van der Waals surface area contributed by atoms with Crippen LogP contribution in [-0.4, -0.2) is 25.0 Å². The second-order valence-corrected chi connectivity index (χ2v) is 4.33. The van der Waals surface area contributed by atoms with E-state index >= 15 is 0 Å². The Morgan fingerprint density at radius 1 is 1.33 bits per heavy atom. The summed E-state index contributed by atoms with van der Waals surface area (Å²) >= 11 is 0. The quantitative estimate of drug-likeness (QED) is 0.472. The van der Waals surface area contributed by atoms with Crippen molar-refractivity contribution in [3.05, 3.63) is 47.5 Å². The highest BCUT2D eigenvalue weighted by Gasteiger charge is 2.04. The molecule has 21 heavy (non-hydrogen) atoms. The predicted molar refractivity (Wildman–Crippen MR) is 81.3 cm³/mol. The maximum atomic E-state index is 11.7. The number of amides is 1. The summed E-state index contributed by atoms with van der Waals surface area (Å²) in [5.74, 6) is 1.89. The number of rotatable bonds is 7. The highest BCUT2D eigenvalue weighted by molar-refractivity contribution is 5.83.